The molecule has 9 unspecified atom stereocenters. The van der Waals surface area contributed by atoms with Crippen molar-refractivity contribution in [1.82, 2.24) is 0 Å². The molecule has 0 bridgehead atoms. The second-order valence-electron chi connectivity index (χ2n) is 8.19. The van der Waals surface area contributed by atoms with Crippen molar-refractivity contribution < 1.29 is 59.5 Å². The highest BCUT2D eigenvalue weighted by Crippen LogP contribution is 2.36. The van der Waals surface area contributed by atoms with Gasteiger partial charge in [0.05, 0.1) is 13.2 Å². The molecule has 2 fully saturated rings. The van der Waals surface area contributed by atoms with Gasteiger partial charge in [0.15, 0.2) is 6.10 Å². The maximum Gasteiger partial charge on any atom is 0.306 e. The average molecular weight is 468 g/mol. The van der Waals surface area contributed by atoms with Crippen LogP contribution in [0.15, 0.2) is 0 Å². The Morgan fingerprint density at radius 1 is 0.906 bits per heavy atom. The van der Waals surface area contributed by atoms with Crippen LogP contribution in [0.5, 0.6) is 0 Å². The minimum Gasteiger partial charge on any atom is -0.454 e. The van der Waals surface area contributed by atoms with E-state index in [4.69, 9.17) is 18.9 Å². The van der Waals surface area contributed by atoms with E-state index in [1.165, 1.54) is 0 Å². The summed E-state index contributed by atoms with van der Waals surface area (Å²) in [5.74, 6) is -2.96. The van der Waals surface area contributed by atoms with Crippen LogP contribution >= 0.6 is 0 Å². The second-order valence-corrected chi connectivity index (χ2v) is 8.19. The first kappa shape index (κ1) is 27.3. The summed E-state index contributed by atoms with van der Waals surface area (Å²) >= 11 is 0. The number of aliphatic hydroxyl groups excluding tert-OH is 7. The summed E-state index contributed by atoms with van der Waals surface area (Å²) in [5.41, 5.74) is 0. The molecule has 188 valence electrons. The number of unbranched alkanes of at least 4 members (excludes halogenated alkanes) is 4. The minimum absolute atomic E-state index is 0.0503. The van der Waals surface area contributed by atoms with Gasteiger partial charge in [-0.25, -0.2) is 0 Å². The Morgan fingerprint density at radius 2 is 1.56 bits per heavy atom. The van der Waals surface area contributed by atoms with E-state index in [9.17, 15) is 40.5 Å². The zero-order chi connectivity index (χ0) is 23.9. The molecule has 0 aromatic carbocycles. The van der Waals surface area contributed by atoms with Crippen LogP contribution in [0.3, 0.4) is 0 Å². The molecule has 0 amide bonds. The Bertz CT molecular complexity index is 577. The Balaban J connectivity index is 2.14. The van der Waals surface area contributed by atoms with Crippen molar-refractivity contribution in [2.75, 3.05) is 19.8 Å². The molecular formula is C20H36O12. The fraction of sp³-hybridized carbons (Fsp3) is 0.950. The van der Waals surface area contributed by atoms with Gasteiger partial charge in [0.2, 0.25) is 12.1 Å². The van der Waals surface area contributed by atoms with Gasteiger partial charge in [0.25, 0.3) is 0 Å². The molecule has 32 heavy (non-hydrogen) atoms. The normalized spacial score (nSPS) is 39.9. The van der Waals surface area contributed by atoms with Crippen molar-refractivity contribution in [2.45, 2.75) is 100 Å². The topological polar surface area (TPSA) is 196 Å². The number of hydrogen-bond acceptors (Lipinski definition) is 12. The average Bonchev–Trinajstić information content (AvgIpc) is 3.03. The molecule has 7 N–H and O–H groups in total. The molecule has 2 saturated heterocycles. The number of rotatable bonds is 12. The molecule has 0 saturated carbocycles. The monoisotopic (exact) mass is 468 g/mol. The summed E-state index contributed by atoms with van der Waals surface area (Å²) in [4.78, 5) is 12.3. The van der Waals surface area contributed by atoms with Gasteiger partial charge in [-0.2, -0.15) is 0 Å². The summed E-state index contributed by atoms with van der Waals surface area (Å²) in [6.07, 6.45) is -8.16. The van der Waals surface area contributed by atoms with Gasteiger partial charge in [-0.1, -0.05) is 32.6 Å². The van der Waals surface area contributed by atoms with E-state index in [1.807, 2.05) is 0 Å². The fourth-order valence-corrected chi connectivity index (χ4v) is 3.83. The molecule has 2 rings (SSSR count). The highest BCUT2D eigenvalue weighted by atomic mass is 16.8. The maximum atomic E-state index is 12.3. The van der Waals surface area contributed by atoms with Crippen molar-refractivity contribution in [1.29, 1.82) is 0 Å². The van der Waals surface area contributed by atoms with Gasteiger partial charge in [-0.15, -0.1) is 0 Å². The lowest BCUT2D eigenvalue weighted by molar-refractivity contribution is -0.384. The lowest BCUT2D eigenvalue weighted by atomic mass is 9.98. The van der Waals surface area contributed by atoms with Gasteiger partial charge in [0, 0.05) is 6.42 Å². The molecule has 0 aliphatic carbocycles. The lowest BCUT2D eigenvalue weighted by Gasteiger charge is -2.44. The third kappa shape index (κ3) is 6.14. The Morgan fingerprint density at radius 3 is 2.12 bits per heavy atom. The van der Waals surface area contributed by atoms with Gasteiger partial charge in [-0.05, 0) is 6.42 Å². The Kier molecular flexibility index (Phi) is 10.7. The summed E-state index contributed by atoms with van der Waals surface area (Å²) in [7, 11) is 0. The van der Waals surface area contributed by atoms with E-state index in [2.05, 4.69) is 6.92 Å². The Labute approximate surface area is 186 Å². The van der Waals surface area contributed by atoms with Crippen LogP contribution in [0.4, 0.5) is 0 Å². The molecule has 9 atom stereocenters. The fourth-order valence-electron chi connectivity index (χ4n) is 3.83. The molecule has 0 aromatic heterocycles. The van der Waals surface area contributed by atoms with Gasteiger partial charge in [-0.3, -0.25) is 4.79 Å². The van der Waals surface area contributed by atoms with Crippen molar-refractivity contribution in [3.8, 4) is 0 Å². The minimum atomic E-state index is -2.27. The number of carbonyl (C=O) groups excluding carboxylic acids is 1. The first-order valence-electron chi connectivity index (χ1n) is 11.0. The summed E-state index contributed by atoms with van der Waals surface area (Å²) < 4.78 is 21.6. The smallest absolute Gasteiger partial charge is 0.306 e. The molecule has 12 nitrogen and oxygen atoms in total. The van der Waals surface area contributed by atoms with E-state index >= 15 is 0 Å². The molecule has 12 heteroatoms. The molecule has 0 spiro atoms. The second kappa shape index (κ2) is 12.5. The summed E-state index contributed by atoms with van der Waals surface area (Å²) in [6.45, 7) is -0.322. The number of hydrogen-bond donors (Lipinski definition) is 7. The van der Waals surface area contributed by atoms with Crippen molar-refractivity contribution in [3.05, 3.63) is 0 Å². The molecule has 0 radical (unpaired) electrons. The maximum absolute atomic E-state index is 12.3. The first-order valence-corrected chi connectivity index (χ1v) is 11.0. The van der Waals surface area contributed by atoms with Gasteiger partial charge in [0.1, 0.15) is 43.2 Å². The summed E-state index contributed by atoms with van der Waals surface area (Å²) in [6, 6.07) is 0. The predicted molar refractivity (Wildman–Crippen MR) is 106 cm³/mol. The van der Waals surface area contributed by atoms with Crippen LogP contribution < -0.4 is 0 Å². The van der Waals surface area contributed by atoms with Gasteiger partial charge >= 0.3 is 5.97 Å². The van der Waals surface area contributed by atoms with Crippen molar-refractivity contribution in [3.63, 3.8) is 0 Å². The number of esters is 1. The molecule has 2 aliphatic rings. The third-order valence-corrected chi connectivity index (χ3v) is 5.80. The highest BCUT2D eigenvalue weighted by molar-refractivity contribution is 5.69. The Hall–Kier alpha value is -0.930. The van der Waals surface area contributed by atoms with Crippen LogP contribution in [0.25, 0.3) is 0 Å². The molecule has 2 heterocycles. The van der Waals surface area contributed by atoms with E-state index in [0.29, 0.717) is 6.42 Å². The SMILES string of the molecule is CCCCCCCC(=O)OC1C(OC2(CO)OC(CO)C(O)C2O)OC(CO)C(O)C1O. The first-order chi connectivity index (χ1) is 15.2. The van der Waals surface area contributed by atoms with Crippen molar-refractivity contribution >= 4 is 5.97 Å². The van der Waals surface area contributed by atoms with Crippen molar-refractivity contribution in [2.24, 2.45) is 0 Å². The zero-order valence-corrected chi connectivity index (χ0v) is 18.2. The van der Waals surface area contributed by atoms with Crippen LogP contribution in [0, 0.1) is 0 Å². The quantitative estimate of drug-likeness (QED) is 0.118. The largest absolute Gasteiger partial charge is 0.454 e. The van der Waals surface area contributed by atoms with Gasteiger partial charge < -0.3 is 54.7 Å². The molecule has 0 aromatic rings. The van der Waals surface area contributed by atoms with E-state index in [0.717, 1.165) is 25.7 Å². The predicted octanol–water partition coefficient (Wildman–Crippen LogP) is -2.48. The summed E-state index contributed by atoms with van der Waals surface area (Å²) in [5, 5.41) is 69.6. The van der Waals surface area contributed by atoms with E-state index < -0.39 is 80.6 Å². The molecular weight excluding hydrogens is 432 g/mol. The van der Waals surface area contributed by atoms with E-state index in [1.54, 1.807) is 0 Å². The number of carbonyl (C=O) groups is 1. The van der Waals surface area contributed by atoms with Crippen LogP contribution in [0.1, 0.15) is 45.4 Å². The molecule has 2 aliphatic heterocycles. The van der Waals surface area contributed by atoms with Crippen LogP contribution in [0.2, 0.25) is 0 Å². The standard InChI is InChI=1S/C20H36O12/c1-2-3-4-5-6-7-13(24)30-17-16(27)14(25)11(8-21)29-19(17)32-20(10-23)18(28)15(26)12(9-22)31-20/h11-12,14-19,21-23,25-28H,2-10H2,1H3. The number of ether oxygens (including phenoxy) is 4. The lowest BCUT2D eigenvalue weighted by Crippen LogP contribution is -2.63. The van der Waals surface area contributed by atoms with Crippen LogP contribution in [-0.2, 0) is 23.7 Å². The highest BCUT2D eigenvalue weighted by Gasteiger charge is 2.59. The van der Waals surface area contributed by atoms with E-state index in [-0.39, 0.29) is 6.42 Å². The third-order valence-electron chi connectivity index (χ3n) is 5.80. The van der Waals surface area contributed by atoms with Crippen LogP contribution in [-0.4, -0.2) is 116 Å². The zero-order valence-electron chi connectivity index (χ0n) is 18.2. The number of aliphatic hydroxyl groups is 7.